The third kappa shape index (κ3) is 5.69. The molecule has 4 aromatic rings. The number of piperidine rings is 1. The van der Waals surface area contributed by atoms with E-state index < -0.39 is 16.0 Å². The van der Waals surface area contributed by atoms with Crippen molar-refractivity contribution in [1.29, 1.82) is 0 Å². The van der Waals surface area contributed by atoms with Crippen LogP contribution in [0.25, 0.3) is 22.2 Å². The van der Waals surface area contributed by atoms with Crippen molar-refractivity contribution in [2.75, 3.05) is 26.2 Å². The van der Waals surface area contributed by atoms with Gasteiger partial charge in [-0.25, -0.2) is 17.9 Å². The predicted octanol–water partition coefficient (Wildman–Crippen LogP) is 3.47. The number of fused-ring (bicyclic) bond motifs is 1. The molecular formula is C25H27ClN6O4S. The fraction of sp³-hybridized carbons (Fsp3) is 0.320. The van der Waals surface area contributed by atoms with Crippen LogP contribution in [0.2, 0.25) is 5.02 Å². The van der Waals surface area contributed by atoms with E-state index in [4.69, 9.17) is 11.6 Å². The zero-order valence-corrected chi connectivity index (χ0v) is 21.5. The predicted molar refractivity (Wildman–Crippen MR) is 140 cm³/mol. The molecule has 1 aliphatic heterocycles. The number of H-pyrrole nitrogens is 1. The molecule has 0 radical (unpaired) electrons. The maximum atomic E-state index is 12.4. The average molecular weight is 543 g/mol. The second-order valence-electron chi connectivity index (χ2n) is 9.19. The van der Waals surface area contributed by atoms with Crippen molar-refractivity contribution in [2.24, 2.45) is 5.92 Å². The SMILES string of the molecule is O=C(O)c1[nH]c2ccccc2c1-c1cn(CC2CCN(CCNS(=O)(=O)c3ccc(Cl)cc3)CC2)nn1. The molecule has 2 aromatic carbocycles. The lowest BCUT2D eigenvalue weighted by Crippen LogP contribution is -2.40. The number of rotatable bonds is 9. The van der Waals surface area contributed by atoms with E-state index in [1.807, 2.05) is 24.3 Å². The number of carboxylic acids is 1. The van der Waals surface area contributed by atoms with Crippen molar-refractivity contribution in [1.82, 2.24) is 29.6 Å². The molecule has 10 nitrogen and oxygen atoms in total. The highest BCUT2D eigenvalue weighted by Crippen LogP contribution is 2.31. The van der Waals surface area contributed by atoms with Crippen LogP contribution in [0, 0.1) is 5.92 Å². The molecule has 1 saturated heterocycles. The summed E-state index contributed by atoms with van der Waals surface area (Å²) in [7, 11) is -3.56. The Labute approximate surface area is 219 Å². The molecule has 0 atom stereocenters. The van der Waals surface area contributed by atoms with Crippen LogP contribution in [-0.2, 0) is 16.6 Å². The Bertz CT molecular complexity index is 1510. The zero-order chi connectivity index (χ0) is 26.0. The number of aromatic nitrogens is 4. The number of hydrogen-bond donors (Lipinski definition) is 3. The lowest BCUT2D eigenvalue weighted by molar-refractivity contribution is 0.0692. The molecule has 0 saturated carbocycles. The van der Waals surface area contributed by atoms with Gasteiger partial charge < -0.3 is 15.0 Å². The number of halogens is 1. The summed E-state index contributed by atoms with van der Waals surface area (Å²) in [6, 6.07) is 13.5. The van der Waals surface area contributed by atoms with Gasteiger partial charge in [0, 0.05) is 41.1 Å². The third-order valence-corrected chi connectivity index (χ3v) is 8.44. The molecule has 1 fully saturated rings. The van der Waals surface area contributed by atoms with Crippen LogP contribution < -0.4 is 4.72 Å². The Balaban J connectivity index is 1.14. The summed E-state index contributed by atoms with van der Waals surface area (Å²) in [5.74, 6) is -0.637. The van der Waals surface area contributed by atoms with Gasteiger partial charge >= 0.3 is 5.97 Å². The van der Waals surface area contributed by atoms with Gasteiger partial charge in [0.2, 0.25) is 10.0 Å². The Kier molecular flexibility index (Phi) is 7.29. The first-order chi connectivity index (χ1) is 17.8. The number of sulfonamides is 1. The van der Waals surface area contributed by atoms with Crippen molar-refractivity contribution in [3.8, 4) is 11.3 Å². The van der Waals surface area contributed by atoms with Crippen LogP contribution in [-0.4, -0.2) is 70.6 Å². The van der Waals surface area contributed by atoms with Crippen LogP contribution in [0.15, 0.2) is 59.6 Å². The first kappa shape index (κ1) is 25.4. The van der Waals surface area contributed by atoms with Crippen LogP contribution in [0.5, 0.6) is 0 Å². The van der Waals surface area contributed by atoms with Crippen LogP contribution >= 0.6 is 11.6 Å². The molecule has 37 heavy (non-hydrogen) atoms. The fourth-order valence-electron chi connectivity index (χ4n) is 4.76. The number of nitrogens with one attached hydrogen (secondary N) is 2. The summed E-state index contributed by atoms with van der Waals surface area (Å²) < 4.78 is 29.3. The van der Waals surface area contributed by atoms with E-state index in [1.54, 1.807) is 23.0 Å². The summed E-state index contributed by atoms with van der Waals surface area (Å²) in [4.78, 5) is 17.2. The van der Waals surface area contributed by atoms with Gasteiger partial charge in [-0.05, 0) is 62.2 Å². The number of para-hydroxylation sites is 1. The summed E-state index contributed by atoms with van der Waals surface area (Å²) in [6.45, 7) is 3.37. The van der Waals surface area contributed by atoms with Crippen LogP contribution in [0.4, 0.5) is 0 Å². The minimum absolute atomic E-state index is 0.105. The molecule has 1 aliphatic rings. The largest absolute Gasteiger partial charge is 0.477 e. The van der Waals surface area contributed by atoms with Gasteiger partial charge in [0.1, 0.15) is 11.4 Å². The molecule has 0 amide bonds. The summed E-state index contributed by atoms with van der Waals surface area (Å²) in [5.41, 5.74) is 1.92. The molecular weight excluding hydrogens is 516 g/mol. The Morgan fingerprint density at radius 1 is 1.14 bits per heavy atom. The molecule has 0 aliphatic carbocycles. The highest BCUT2D eigenvalue weighted by Gasteiger charge is 2.23. The summed E-state index contributed by atoms with van der Waals surface area (Å²) in [6.07, 6.45) is 3.71. The zero-order valence-electron chi connectivity index (χ0n) is 20.0. The lowest BCUT2D eigenvalue weighted by Gasteiger charge is -2.31. The quantitative estimate of drug-likeness (QED) is 0.295. The number of hydrogen-bond acceptors (Lipinski definition) is 6. The van der Waals surface area contributed by atoms with E-state index in [9.17, 15) is 18.3 Å². The number of benzene rings is 2. The normalized spacial score (nSPS) is 15.4. The fourth-order valence-corrected chi connectivity index (χ4v) is 5.91. The molecule has 3 N–H and O–H groups in total. The lowest BCUT2D eigenvalue weighted by atomic mass is 9.97. The topological polar surface area (TPSA) is 133 Å². The van der Waals surface area contributed by atoms with Gasteiger partial charge in [-0.2, -0.15) is 0 Å². The number of aromatic amines is 1. The van der Waals surface area contributed by atoms with Crippen LogP contribution in [0.1, 0.15) is 23.3 Å². The minimum Gasteiger partial charge on any atom is -0.477 e. The van der Waals surface area contributed by atoms with Crippen LogP contribution in [0.3, 0.4) is 0 Å². The molecule has 2 aromatic heterocycles. The standard InChI is InChI=1S/C25H27ClN6O4S/c26-18-5-7-19(8-6-18)37(35,36)27-11-14-31-12-9-17(10-13-31)15-32-16-22(29-30-32)23-20-3-1-2-4-21(20)28-24(23)25(33)34/h1-8,16-17,27-28H,9-15H2,(H,33,34). The van der Waals surface area contributed by atoms with Gasteiger partial charge in [0.15, 0.2) is 0 Å². The van der Waals surface area contributed by atoms with E-state index in [0.717, 1.165) is 36.8 Å². The van der Waals surface area contributed by atoms with E-state index in [2.05, 4.69) is 24.9 Å². The van der Waals surface area contributed by atoms with Gasteiger partial charge in [-0.15, -0.1) is 5.10 Å². The highest BCUT2D eigenvalue weighted by molar-refractivity contribution is 7.89. The second kappa shape index (κ2) is 10.6. The van der Waals surface area contributed by atoms with Gasteiger partial charge in [0.05, 0.1) is 11.1 Å². The van der Waals surface area contributed by atoms with Crippen molar-refractivity contribution < 1.29 is 18.3 Å². The van der Waals surface area contributed by atoms with Crippen molar-refractivity contribution in [3.05, 3.63) is 65.4 Å². The van der Waals surface area contributed by atoms with E-state index in [-0.39, 0.29) is 10.6 Å². The number of likely N-dealkylation sites (tertiary alicyclic amines) is 1. The van der Waals surface area contributed by atoms with Crippen molar-refractivity contribution in [3.63, 3.8) is 0 Å². The minimum atomic E-state index is -3.56. The summed E-state index contributed by atoms with van der Waals surface area (Å²) in [5, 5.41) is 19.5. The maximum Gasteiger partial charge on any atom is 0.353 e. The molecule has 0 bridgehead atoms. The molecule has 0 unspecified atom stereocenters. The molecule has 194 valence electrons. The average Bonchev–Trinajstić information content (AvgIpc) is 3.50. The molecule has 5 rings (SSSR count). The smallest absolute Gasteiger partial charge is 0.353 e. The van der Waals surface area contributed by atoms with E-state index in [1.165, 1.54) is 12.1 Å². The molecule has 12 heteroatoms. The maximum absolute atomic E-state index is 12.4. The van der Waals surface area contributed by atoms with Gasteiger partial charge in [-0.1, -0.05) is 35.0 Å². The van der Waals surface area contributed by atoms with Gasteiger partial charge in [-0.3, -0.25) is 4.68 Å². The Hall–Kier alpha value is -3.25. The number of aromatic carboxylic acids is 1. The summed E-state index contributed by atoms with van der Waals surface area (Å²) >= 11 is 5.84. The first-order valence-electron chi connectivity index (χ1n) is 12.0. The number of nitrogens with zero attached hydrogens (tertiary/aromatic N) is 4. The van der Waals surface area contributed by atoms with E-state index >= 15 is 0 Å². The molecule has 0 spiro atoms. The van der Waals surface area contributed by atoms with E-state index in [0.29, 0.717) is 41.8 Å². The van der Waals surface area contributed by atoms with Crippen molar-refractivity contribution >= 4 is 38.5 Å². The van der Waals surface area contributed by atoms with Crippen molar-refractivity contribution in [2.45, 2.75) is 24.3 Å². The number of carboxylic acid groups (broad SMARTS) is 1. The molecule has 3 heterocycles. The first-order valence-corrected chi connectivity index (χ1v) is 13.9. The Morgan fingerprint density at radius 3 is 2.59 bits per heavy atom. The van der Waals surface area contributed by atoms with Gasteiger partial charge in [0.25, 0.3) is 0 Å². The monoisotopic (exact) mass is 542 g/mol. The Morgan fingerprint density at radius 2 is 1.86 bits per heavy atom. The second-order valence-corrected chi connectivity index (χ2v) is 11.4. The highest BCUT2D eigenvalue weighted by atomic mass is 35.5. The number of carbonyl (C=O) groups is 1. The third-order valence-electron chi connectivity index (χ3n) is 6.71.